The molecular weight excluding hydrogens is 194 g/mol. The highest BCUT2D eigenvalue weighted by Gasteiger charge is 2.31. The van der Waals surface area contributed by atoms with Crippen LogP contribution in [0.1, 0.15) is 12.8 Å². The summed E-state index contributed by atoms with van der Waals surface area (Å²) in [7, 11) is 0. The van der Waals surface area contributed by atoms with Gasteiger partial charge in [-0.25, -0.2) is 0 Å². The molecule has 2 heterocycles. The van der Waals surface area contributed by atoms with E-state index < -0.39 is 0 Å². The third-order valence-electron chi connectivity index (χ3n) is 3.14. The van der Waals surface area contributed by atoms with E-state index in [1.165, 1.54) is 0 Å². The van der Waals surface area contributed by atoms with Crippen LogP contribution in [0.25, 0.3) is 0 Å². The van der Waals surface area contributed by atoms with Crippen LogP contribution in [0.4, 0.5) is 0 Å². The third-order valence-corrected chi connectivity index (χ3v) is 3.14. The number of nitrogens with zero attached hydrogens (tertiary/aromatic N) is 1. The highest BCUT2D eigenvalue weighted by Crippen LogP contribution is 2.15. The number of nitrogens with two attached hydrogens (primary N) is 1. The molecule has 0 bridgehead atoms. The zero-order chi connectivity index (χ0) is 10.7. The fraction of sp³-hybridized carbons (Fsp3) is 0.900. The fourth-order valence-corrected chi connectivity index (χ4v) is 2.24. The normalized spacial score (nSPS) is 33.1. The van der Waals surface area contributed by atoms with Gasteiger partial charge in [-0.1, -0.05) is 0 Å². The topological polar surface area (TPSA) is 67.6 Å². The van der Waals surface area contributed by atoms with Gasteiger partial charge in [-0.15, -0.1) is 0 Å². The van der Waals surface area contributed by atoms with Gasteiger partial charge < -0.3 is 20.7 Å². The van der Waals surface area contributed by atoms with Crippen molar-refractivity contribution in [3.8, 4) is 0 Å². The Labute approximate surface area is 89.9 Å². The number of nitrogens with one attached hydrogen (secondary N) is 1. The van der Waals surface area contributed by atoms with E-state index >= 15 is 0 Å². The van der Waals surface area contributed by atoms with E-state index in [1.807, 2.05) is 4.90 Å². The zero-order valence-corrected chi connectivity index (χ0v) is 8.95. The predicted molar refractivity (Wildman–Crippen MR) is 56.4 cm³/mol. The maximum atomic E-state index is 11.7. The Morgan fingerprint density at radius 2 is 2.47 bits per heavy atom. The van der Waals surface area contributed by atoms with Crippen LogP contribution in [-0.2, 0) is 9.53 Å². The molecule has 2 saturated heterocycles. The van der Waals surface area contributed by atoms with E-state index in [-0.39, 0.29) is 18.6 Å². The predicted octanol–water partition coefficient (Wildman–Crippen LogP) is -1.08. The second-order valence-electron chi connectivity index (χ2n) is 4.21. The molecule has 0 saturated carbocycles. The molecule has 5 nitrogen and oxygen atoms in total. The minimum absolute atomic E-state index is 0.0182. The van der Waals surface area contributed by atoms with Crippen LogP contribution < -0.4 is 11.1 Å². The average molecular weight is 213 g/mol. The van der Waals surface area contributed by atoms with Crippen molar-refractivity contribution in [3.05, 3.63) is 0 Å². The summed E-state index contributed by atoms with van der Waals surface area (Å²) in [5.41, 5.74) is 5.56. The molecule has 0 aromatic rings. The van der Waals surface area contributed by atoms with Gasteiger partial charge in [0.1, 0.15) is 6.61 Å². The number of morpholine rings is 1. The van der Waals surface area contributed by atoms with Gasteiger partial charge in [0.05, 0.1) is 6.10 Å². The van der Waals surface area contributed by atoms with Crippen LogP contribution in [0.2, 0.25) is 0 Å². The lowest BCUT2D eigenvalue weighted by Gasteiger charge is -2.39. The first-order valence-electron chi connectivity index (χ1n) is 5.63. The van der Waals surface area contributed by atoms with Crippen LogP contribution in [0.5, 0.6) is 0 Å². The highest BCUT2D eigenvalue weighted by atomic mass is 16.5. The monoisotopic (exact) mass is 213 g/mol. The number of carbonyl (C=O) groups is 1. The minimum Gasteiger partial charge on any atom is -0.365 e. The summed E-state index contributed by atoms with van der Waals surface area (Å²) in [5.74, 6) is 0.105. The Hall–Kier alpha value is -0.650. The Kier molecular flexibility index (Phi) is 3.56. The molecule has 1 amide bonds. The molecule has 86 valence electrons. The number of rotatable bonds is 2. The van der Waals surface area contributed by atoms with Gasteiger partial charge in [0.2, 0.25) is 5.91 Å². The van der Waals surface area contributed by atoms with Crippen molar-refractivity contribution >= 4 is 5.91 Å². The Morgan fingerprint density at radius 3 is 3.13 bits per heavy atom. The number of hydrogen-bond donors (Lipinski definition) is 2. The van der Waals surface area contributed by atoms with Crippen molar-refractivity contribution in [3.63, 3.8) is 0 Å². The first-order chi connectivity index (χ1) is 7.31. The van der Waals surface area contributed by atoms with Crippen molar-refractivity contribution < 1.29 is 9.53 Å². The van der Waals surface area contributed by atoms with Crippen molar-refractivity contribution in [2.75, 3.05) is 32.8 Å². The summed E-state index contributed by atoms with van der Waals surface area (Å²) in [6, 6.07) is 0.337. The SMILES string of the molecule is NCC1CN(C2CCCNC2)C(=O)CO1. The molecular formula is C10H19N3O2. The number of piperidine rings is 1. The number of amides is 1. The second kappa shape index (κ2) is 4.92. The lowest BCUT2D eigenvalue weighted by molar-refractivity contribution is -0.152. The maximum Gasteiger partial charge on any atom is 0.248 e. The lowest BCUT2D eigenvalue weighted by Crippen LogP contribution is -2.56. The molecule has 5 heteroatoms. The molecule has 0 radical (unpaired) electrons. The molecule has 0 spiro atoms. The van der Waals surface area contributed by atoms with Crippen molar-refractivity contribution in [1.82, 2.24) is 10.2 Å². The zero-order valence-electron chi connectivity index (χ0n) is 8.95. The molecule has 2 fully saturated rings. The van der Waals surface area contributed by atoms with Crippen molar-refractivity contribution in [1.29, 1.82) is 0 Å². The van der Waals surface area contributed by atoms with Crippen LogP contribution in [0, 0.1) is 0 Å². The van der Waals surface area contributed by atoms with E-state index in [0.717, 1.165) is 25.9 Å². The van der Waals surface area contributed by atoms with Gasteiger partial charge in [-0.05, 0) is 19.4 Å². The molecule has 2 aliphatic heterocycles. The third kappa shape index (κ3) is 2.48. The summed E-state index contributed by atoms with van der Waals surface area (Å²) >= 11 is 0. The summed E-state index contributed by atoms with van der Waals surface area (Å²) in [5, 5.41) is 3.32. The van der Waals surface area contributed by atoms with Crippen LogP contribution in [0.15, 0.2) is 0 Å². The van der Waals surface area contributed by atoms with Crippen LogP contribution in [-0.4, -0.2) is 55.7 Å². The molecule has 0 aromatic carbocycles. The van der Waals surface area contributed by atoms with E-state index in [4.69, 9.17) is 10.5 Å². The average Bonchev–Trinajstić information content (AvgIpc) is 2.31. The molecule has 3 N–H and O–H groups in total. The maximum absolute atomic E-state index is 11.7. The van der Waals surface area contributed by atoms with Gasteiger partial charge in [0.25, 0.3) is 0 Å². The van der Waals surface area contributed by atoms with Gasteiger partial charge in [-0.2, -0.15) is 0 Å². The molecule has 0 aromatic heterocycles. The highest BCUT2D eigenvalue weighted by molar-refractivity contribution is 5.78. The standard InChI is InChI=1S/C10H19N3O2/c11-4-9-6-13(10(14)7-15-9)8-2-1-3-12-5-8/h8-9,12H,1-7,11H2. The molecule has 2 unspecified atom stereocenters. The molecule has 0 aliphatic carbocycles. The van der Waals surface area contributed by atoms with E-state index in [0.29, 0.717) is 19.1 Å². The largest absolute Gasteiger partial charge is 0.365 e. The van der Waals surface area contributed by atoms with Crippen molar-refractivity contribution in [2.24, 2.45) is 5.73 Å². The fourth-order valence-electron chi connectivity index (χ4n) is 2.24. The second-order valence-corrected chi connectivity index (χ2v) is 4.21. The first kappa shape index (κ1) is 10.9. The summed E-state index contributed by atoms with van der Waals surface area (Å²) in [4.78, 5) is 13.6. The number of ether oxygens (including phenoxy) is 1. The van der Waals surface area contributed by atoms with E-state index in [2.05, 4.69) is 5.32 Å². The first-order valence-corrected chi connectivity index (χ1v) is 5.63. The lowest BCUT2D eigenvalue weighted by atomic mass is 10.0. The summed E-state index contributed by atoms with van der Waals surface area (Å²) in [6.07, 6.45) is 2.25. The summed E-state index contributed by atoms with van der Waals surface area (Å²) < 4.78 is 5.32. The van der Waals surface area contributed by atoms with Gasteiger partial charge in [-0.3, -0.25) is 4.79 Å². The smallest absolute Gasteiger partial charge is 0.248 e. The molecule has 2 rings (SSSR count). The van der Waals surface area contributed by atoms with E-state index in [1.54, 1.807) is 0 Å². The number of hydrogen-bond acceptors (Lipinski definition) is 4. The van der Waals surface area contributed by atoms with Crippen molar-refractivity contribution in [2.45, 2.75) is 25.0 Å². The van der Waals surface area contributed by atoms with Gasteiger partial charge in [0, 0.05) is 25.7 Å². The minimum atomic E-state index is 0.0182. The molecule has 2 atom stereocenters. The van der Waals surface area contributed by atoms with E-state index in [9.17, 15) is 4.79 Å². The Balaban J connectivity index is 1.95. The van der Waals surface area contributed by atoms with Crippen LogP contribution >= 0.6 is 0 Å². The Morgan fingerprint density at radius 1 is 1.60 bits per heavy atom. The molecule has 2 aliphatic rings. The number of carbonyl (C=O) groups excluding carboxylic acids is 1. The van der Waals surface area contributed by atoms with Gasteiger partial charge in [0.15, 0.2) is 0 Å². The van der Waals surface area contributed by atoms with Gasteiger partial charge >= 0.3 is 0 Å². The molecule has 15 heavy (non-hydrogen) atoms. The summed E-state index contributed by atoms with van der Waals surface area (Å²) in [6.45, 7) is 3.31. The van der Waals surface area contributed by atoms with Crippen LogP contribution in [0.3, 0.4) is 0 Å². The Bertz CT molecular complexity index is 229. The quantitative estimate of drug-likeness (QED) is 0.612.